The molecular weight excluding hydrogens is 450 g/mol. The summed E-state index contributed by atoms with van der Waals surface area (Å²) in [7, 11) is 0. The van der Waals surface area contributed by atoms with Gasteiger partial charge >= 0.3 is 0 Å². The lowest BCUT2D eigenvalue weighted by Gasteiger charge is -2.57. The van der Waals surface area contributed by atoms with E-state index in [9.17, 15) is 0 Å². The highest BCUT2D eigenvalue weighted by atomic mass is 32.1. The van der Waals surface area contributed by atoms with Gasteiger partial charge in [-0.1, -0.05) is 43.7 Å². The highest BCUT2D eigenvalue weighted by molar-refractivity contribution is 7.09. The average molecular weight is 486 g/mol. The van der Waals surface area contributed by atoms with Gasteiger partial charge in [-0.05, 0) is 80.2 Å². The van der Waals surface area contributed by atoms with Gasteiger partial charge in [0.05, 0.1) is 23.7 Å². The van der Waals surface area contributed by atoms with E-state index in [0.29, 0.717) is 18.1 Å². The van der Waals surface area contributed by atoms with Crippen LogP contribution in [0.15, 0.2) is 59.9 Å². The first-order valence-corrected chi connectivity index (χ1v) is 14.3. The molecular formula is C30H35N3OS. The molecule has 2 saturated carbocycles. The molecule has 35 heavy (non-hydrogen) atoms. The zero-order chi connectivity index (χ0) is 23.6. The summed E-state index contributed by atoms with van der Waals surface area (Å²) < 4.78 is 8.72. The molecule has 0 N–H and O–H groups in total. The number of para-hydroxylation sites is 2. The van der Waals surface area contributed by atoms with E-state index in [-0.39, 0.29) is 5.41 Å². The summed E-state index contributed by atoms with van der Waals surface area (Å²) in [6.07, 6.45) is 18.1. The second kappa shape index (κ2) is 8.14. The van der Waals surface area contributed by atoms with E-state index in [1.807, 2.05) is 11.6 Å². The molecule has 182 valence electrons. The normalized spacial score (nSPS) is 36.3. The maximum absolute atomic E-state index is 6.32. The second-order valence-electron chi connectivity index (χ2n) is 11.7. The van der Waals surface area contributed by atoms with E-state index in [1.54, 1.807) is 16.9 Å². The zero-order valence-electron chi connectivity index (χ0n) is 20.8. The second-order valence-corrected chi connectivity index (χ2v) is 12.7. The molecule has 4 aliphatic carbocycles. The van der Waals surface area contributed by atoms with Crippen molar-refractivity contribution in [1.29, 1.82) is 0 Å². The number of ether oxygens (including phenoxy) is 1. The molecule has 0 aliphatic heterocycles. The van der Waals surface area contributed by atoms with E-state index in [2.05, 4.69) is 66.1 Å². The summed E-state index contributed by atoms with van der Waals surface area (Å²) >= 11 is 1.70. The number of benzene rings is 1. The Morgan fingerprint density at radius 2 is 1.91 bits per heavy atom. The molecule has 0 spiro atoms. The van der Waals surface area contributed by atoms with Gasteiger partial charge in [0.2, 0.25) is 0 Å². The van der Waals surface area contributed by atoms with Crippen LogP contribution in [0.2, 0.25) is 0 Å². The van der Waals surface area contributed by atoms with Crippen molar-refractivity contribution in [3.8, 4) is 0 Å². The van der Waals surface area contributed by atoms with Crippen molar-refractivity contribution in [2.45, 2.75) is 71.5 Å². The molecule has 0 saturated heterocycles. The van der Waals surface area contributed by atoms with Crippen LogP contribution in [0, 0.1) is 28.6 Å². The van der Waals surface area contributed by atoms with Gasteiger partial charge in [0.25, 0.3) is 0 Å². The Labute approximate surface area is 212 Å². The fraction of sp³-hybridized carbons (Fsp3) is 0.533. The van der Waals surface area contributed by atoms with E-state index in [4.69, 9.17) is 9.72 Å². The van der Waals surface area contributed by atoms with Gasteiger partial charge in [-0.2, -0.15) is 0 Å². The predicted octanol–water partition coefficient (Wildman–Crippen LogP) is 7.49. The molecule has 5 heteroatoms. The van der Waals surface area contributed by atoms with Gasteiger partial charge in [0.15, 0.2) is 0 Å². The van der Waals surface area contributed by atoms with Crippen LogP contribution in [-0.4, -0.2) is 20.6 Å². The third-order valence-electron chi connectivity index (χ3n) is 10.2. The van der Waals surface area contributed by atoms with Gasteiger partial charge in [-0.3, -0.25) is 0 Å². The van der Waals surface area contributed by atoms with Gasteiger partial charge in [-0.25, -0.2) is 9.97 Å². The number of hydrogen-bond donors (Lipinski definition) is 0. The molecule has 2 aromatic heterocycles. The molecule has 1 aromatic carbocycles. The number of thiazole rings is 1. The Kier molecular flexibility index (Phi) is 5.12. The van der Waals surface area contributed by atoms with Crippen molar-refractivity contribution < 1.29 is 4.74 Å². The quantitative estimate of drug-likeness (QED) is 0.359. The first-order valence-electron chi connectivity index (χ1n) is 13.4. The molecule has 0 bridgehead atoms. The van der Waals surface area contributed by atoms with Gasteiger partial charge in [-0.15, -0.1) is 11.3 Å². The standard InChI is InChI=1S/C30H35N3OS/c1-29-13-11-21(34-18-28-31-15-16-35-28)17-20(29)7-8-22-23-9-10-27(30(23,2)14-12-24(22)29)33-19-32-25-5-3-4-6-26(25)33/h3-7,10,15-16,19,21-24H,8-9,11-14,17-18H2,1-2H3/t21-,22-,23-,24-,29-,30-/m0/s1. The summed E-state index contributed by atoms with van der Waals surface area (Å²) in [6, 6.07) is 8.57. The van der Waals surface area contributed by atoms with Crippen molar-refractivity contribution >= 4 is 28.1 Å². The largest absolute Gasteiger partial charge is 0.371 e. The molecule has 6 atom stereocenters. The minimum absolute atomic E-state index is 0.236. The van der Waals surface area contributed by atoms with Crippen LogP contribution in [0.1, 0.15) is 63.8 Å². The molecule has 7 rings (SSSR count). The minimum Gasteiger partial charge on any atom is -0.371 e. The molecule has 2 heterocycles. The SMILES string of the molecule is C[C@]12CC[C@H](OCc3nccs3)CC1=CC[C@@H]1[C@@H]2CC[C@]2(C)C(n3cnc4ccccc43)=CC[C@@H]12. The third kappa shape index (κ3) is 3.34. The molecule has 0 radical (unpaired) electrons. The lowest BCUT2D eigenvalue weighted by Crippen LogP contribution is -2.50. The van der Waals surface area contributed by atoms with E-state index >= 15 is 0 Å². The fourth-order valence-corrected chi connectivity index (χ4v) is 8.89. The topological polar surface area (TPSA) is 39.9 Å². The van der Waals surface area contributed by atoms with Crippen molar-refractivity contribution in [3.63, 3.8) is 0 Å². The van der Waals surface area contributed by atoms with Crippen LogP contribution in [0.3, 0.4) is 0 Å². The first-order chi connectivity index (χ1) is 17.1. The summed E-state index contributed by atoms with van der Waals surface area (Å²) in [6.45, 7) is 5.80. The van der Waals surface area contributed by atoms with E-state index < -0.39 is 0 Å². The maximum Gasteiger partial charge on any atom is 0.118 e. The maximum atomic E-state index is 6.32. The van der Waals surface area contributed by atoms with E-state index in [0.717, 1.165) is 34.7 Å². The third-order valence-corrected chi connectivity index (χ3v) is 11.0. The summed E-state index contributed by atoms with van der Waals surface area (Å²) in [4.78, 5) is 9.11. The number of imidazole rings is 1. The van der Waals surface area contributed by atoms with Crippen LogP contribution in [0.4, 0.5) is 0 Å². The van der Waals surface area contributed by atoms with Gasteiger partial charge in [0.1, 0.15) is 11.3 Å². The van der Waals surface area contributed by atoms with Crippen LogP contribution in [0.25, 0.3) is 16.7 Å². The van der Waals surface area contributed by atoms with Crippen LogP contribution in [-0.2, 0) is 11.3 Å². The Morgan fingerprint density at radius 1 is 1.03 bits per heavy atom. The van der Waals surface area contributed by atoms with Crippen LogP contribution < -0.4 is 0 Å². The van der Waals surface area contributed by atoms with Crippen molar-refractivity contribution in [1.82, 2.24) is 14.5 Å². The average Bonchev–Trinajstić information content (AvgIpc) is 3.61. The summed E-state index contributed by atoms with van der Waals surface area (Å²) in [5.41, 5.74) is 6.10. The number of allylic oxidation sites excluding steroid dienone is 3. The number of fused-ring (bicyclic) bond motifs is 6. The van der Waals surface area contributed by atoms with Gasteiger partial charge < -0.3 is 9.30 Å². The molecule has 0 unspecified atom stereocenters. The van der Waals surface area contributed by atoms with Crippen molar-refractivity contribution in [3.05, 3.63) is 64.9 Å². The van der Waals surface area contributed by atoms with Crippen molar-refractivity contribution in [2.24, 2.45) is 28.6 Å². The molecule has 0 amide bonds. The molecule has 2 fully saturated rings. The molecule has 4 nitrogen and oxygen atoms in total. The smallest absolute Gasteiger partial charge is 0.118 e. The summed E-state index contributed by atoms with van der Waals surface area (Å²) in [5, 5.41) is 3.13. The number of hydrogen-bond acceptors (Lipinski definition) is 4. The Balaban J connectivity index is 1.12. The summed E-state index contributed by atoms with van der Waals surface area (Å²) in [5.74, 6) is 2.30. The number of rotatable bonds is 4. The fourth-order valence-electron chi connectivity index (χ4n) is 8.35. The van der Waals surface area contributed by atoms with E-state index in [1.165, 1.54) is 49.7 Å². The van der Waals surface area contributed by atoms with Crippen LogP contribution >= 0.6 is 11.3 Å². The minimum atomic E-state index is 0.236. The lowest BCUT2D eigenvalue weighted by molar-refractivity contribution is -0.0428. The number of aromatic nitrogens is 3. The highest BCUT2D eigenvalue weighted by Crippen LogP contribution is 2.65. The molecule has 4 aliphatic rings. The zero-order valence-corrected chi connectivity index (χ0v) is 21.6. The molecule has 3 aromatic rings. The number of nitrogens with zero attached hydrogens (tertiary/aromatic N) is 3. The Bertz CT molecular complexity index is 1310. The first kappa shape index (κ1) is 22.0. The van der Waals surface area contributed by atoms with Gasteiger partial charge in [0, 0.05) is 22.7 Å². The van der Waals surface area contributed by atoms with Crippen molar-refractivity contribution in [2.75, 3.05) is 0 Å². The lowest BCUT2D eigenvalue weighted by atomic mass is 9.47. The highest BCUT2D eigenvalue weighted by Gasteiger charge is 2.57. The Morgan fingerprint density at radius 3 is 2.80 bits per heavy atom. The van der Waals surface area contributed by atoms with Crippen LogP contribution in [0.5, 0.6) is 0 Å². The Hall–Kier alpha value is -2.24. The monoisotopic (exact) mass is 485 g/mol. The predicted molar refractivity (Wildman–Crippen MR) is 142 cm³/mol.